The number of hydrogen-bond donors (Lipinski definition) is 1. The van der Waals surface area contributed by atoms with E-state index in [2.05, 4.69) is 10.5 Å². The molecule has 9 nitrogen and oxygen atoms in total. The summed E-state index contributed by atoms with van der Waals surface area (Å²) in [6.45, 7) is -0.447. The fourth-order valence-electron chi connectivity index (χ4n) is 2.94. The van der Waals surface area contributed by atoms with E-state index in [0.717, 1.165) is 4.31 Å². The second-order valence-corrected chi connectivity index (χ2v) is 9.07. The molecule has 0 aliphatic carbocycles. The van der Waals surface area contributed by atoms with Crippen molar-refractivity contribution < 1.29 is 27.4 Å². The van der Waals surface area contributed by atoms with Gasteiger partial charge in [-0.25, -0.2) is 13.8 Å². The van der Waals surface area contributed by atoms with Crippen molar-refractivity contribution in [1.82, 2.24) is 9.73 Å². The topological polar surface area (TPSA) is 107 Å². The van der Waals surface area contributed by atoms with Gasteiger partial charge in [0.2, 0.25) is 10.0 Å². The van der Waals surface area contributed by atoms with Gasteiger partial charge in [0.25, 0.3) is 5.91 Å². The van der Waals surface area contributed by atoms with Gasteiger partial charge in [0.1, 0.15) is 27.9 Å². The smallest absolute Gasteiger partial charge is 0.255 e. The molecule has 0 atom stereocenters. The summed E-state index contributed by atoms with van der Waals surface area (Å²) >= 11 is 0. The van der Waals surface area contributed by atoms with Gasteiger partial charge in [-0.15, -0.1) is 0 Å². The zero-order chi connectivity index (χ0) is 24.6. The van der Waals surface area contributed by atoms with Crippen molar-refractivity contribution in [3.8, 4) is 23.0 Å². The molecule has 0 spiro atoms. The fourth-order valence-corrected chi connectivity index (χ4v) is 4.23. The van der Waals surface area contributed by atoms with Gasteiger partial charge in [0, 0.05) is 13.1 Å². The molecule has 0 fully saturated rings. The normalized spacial score (nSPS) is 11.4. The van der Waals surface area contributed by atoms with Crippen LogP contribution in [0.15, 0.2) is 82.8 Å². The van der Waals surface area contributed by atoms with Crippen molar-refractivity contribution in [1.29, 1.82) is 0 Å². The van der Waals surface area contributed by atoms with Crippen molar-refractivity contribution in [2.24, 2.45) is 5.10 Å². The first kappa shape index (κ1) is 24.7. The van der Waals surface area contributed by atoms with Crippen LogP contribution in [0.5, 0.6) is 23.0 Å². The minimum absolute atomic E-state index is 0.108. The molecule has 10 heteroatoms. The molecule has 0 unspecified atom stereocenters. The summed E-state index contributed by atoms with van der Waals surface area (Å²) < 4.78 is 42.8. The molecule has 3 rings (SSSR count). The molecule has 34 heavy (non-hydrogen) atoms. The summed E-state index contributed by atoms with van der Waals surface area (Å²) in [5, 5.41) is 3.91. The van der Waals surface area contributed by atoms with Gasteiger partial charge in [0.15, 0.2) is 0 Å². The summed E-state index contributed by atoms with van der Waals surface area (Å²) in [6.07, 6.45) is 1.44. The summed E-state index contributed by atoms with van der Waals surface area (Å²) in [5.74, 6) is 1.19. The maximum atomic E-state index is 13.0. The second kappa shape index (κ2) is 11.3. The number of para-hydroxylation sites is 1. The van der Waals surface area contributed by atoms with E-state index in [1.807, 2.05) is 30.3 Å². The molecule has 1 N–H and O–H groups in total. The van der Waals surface area contributed by atoms with Crippen LogP contribution in [0.4, 0.5) is 0 Å². The van der Waals surface area contributed by atoms with Gasteiger partial charge in [0.05, 0.1) is 27.0 Å². The van der Waals surface area contributed by atoms with Gasteiger partial charge in [-0.1, -0.05) is 30.3 Å². The Labute approximate surface area is 198 Å². The molecule has 1 amide bonds. The monoisotopic (exact) mass is 483 g/mol. The Morgan fingerprint density at radius 1 is 0.941 bits per heavy atom. The Hall–Kier alpha value is -3.89. The van der Waals surface area contributed by atoms with Crippen LogP contribution in [-0.4, -0.2) is 52.7 Å². The standard InChI is InChI=1S/C24H25N3O6S/c1-27(34(29,30)23-15-20(31-2)12-13-22(23)32-3)17-24(28)26-25-16-18-8-7-11-21(14-18)33-19-9-5-4-6-10-19/h4-16H,17H2,1-3H3,(H,26,28)/b25-16+. The molecule has 0 aromatic heterocycles. The lowest BCUT2D eigenvalue weighted by Gasteiger charge is -2.18. The third kappa shape index (κ3) is 6.33. The highest BCUT2D eigenvalue weighted by molar-refractivity contribution is 7.89. The highest BCUT2D eigenvalue weighted by atomic mass is 32.2. The Kier molecular flexibility index (Phi) is 8.23. The van der Waals surface area contributed by atoms with Crippen molar-refractivity contribution in [3.05, 3.63) is 78.4 Å². The molecule has 0 saturated carbocycles. The number of amides is 1. The Bertz CT molecular complexity index is 1260. The van der Waals surface area contributed by atoms with Crippen LogP contribution in [0, 0.1) is 0 Å². The SMILES string of the molecule is COc1ccc(OC)c(S(=O)(=O)N(C)CC(=O)N/N=C/c2cccc(Oc3ccccc3)c2)c1. The lowest BCUT2D eigenvalue weighted by atomic mass is 10.2. The van der Waals surface area contributed by atoms with Crippen LogP contribution in [0.25, 0.3) is 0 Å². The molecule has 0 saturated heterocycles. The highest BCUT2D eigenvalue weighted by Gasteiger charge is 2.27. The van der Waals surface area contributed by atoms with Crippen molar-refractivity contribution in [3.63, 3.8) is 0 Å². The number of ether oxygens (including phenoxy) is 3. The van der Waals surface area contributed by atoms with Gasteiger partial charge in [-0.3, -0.25) is 4.79 Å². The van der Waals surface area contributed by atoms with Gasteiger partial charge >= 0.3 is 0 Å². The number of carbonyl (C=O) groups is 1. The van der Waals surface area contributed by atoms with Gasteiger partial charge < -0.3 is 14.2 Å². The van der Waals surface area contributed by atoms with E-state index in [1.165, 1.54) is 39.6 Å². The molecule has 0 heterocycles. The lowest BCUT2D eigenvalue weighted by molar-refractivity contribution is -0.121. The average molecular weight is 484 g/mol. The van der Waals surface area contributed by atoms with Gasteiger partial charge in [-0.05, 0) is 42.0 Å². The molecule has 0 aliphatic heterocycles. The zero-order valence-corrected chi connectivity index (χ0v) is 19.8. The molecule has 0 bridgehead atoms. The molecule has 3 aromatic rings. The summed E-state index contributed by atoms with van der Waals surface area (Å²) in [5.41, 5.74) is 3.02. The first-order chi connectivity index (χ1) is 16.3. The van der Waals surface area contributed by atoms with Gasteiger partial charge in [-0.2, -0.15) is 9.41 Å². The van der Waals surface area contributed by atoms with E-state index in [0.29, 0.717) is 22.8 Å². The van der Waals surface area contributed by atoms with Crippen LogP contribution in [0.2, 0.25) is 0 Å². The first-order valence-corrected chi connectivity index (χ1v) is 11.6. The number of hydrogen-bond acceptors (Lipinski definition) is 7. The van der Waals surface area contributed by atoms with Crippen molar-refractivity contribution in [2.45, 2.75) is 4.90 Å². The number of nitrogens with one attached hydrogen (secondary N) is 1. The van der Waals surface area contributed by atoms with E-state index in [9.17, 15) is 13.2 Å². The number of likely N-dealkylation sites (N-methyl/N-ethyl adjacent to an activating group) is 1. The molecule has 178 valence electrons. The Morgan fingerprint density at radius 3 is 2.38 bits per heavy atom. The van der Waals surface area contributed by atoms with E-state index >= 15 is 0 Å². The zero-order valence-electron chi connectivity index (χ0n) is 19.0. The number of nitrogens with zero attached hydrogens (tertiary/aromatic N) is 2. The predicted octanol–water partition coefficient (Wildman–Crippen LogP) is 3.27. The Morgan fingerprint density at radius 2 is 1.68 bits per heavy atom. The fraction of sp³-hybridized carbons (Fsp3) is 0.167. The van der Waals surface area contributed by atoms with Crippen LogP contribution >= 0.6 is 0 Å². The van der Waals surface area contributed by atoms with Crippen LogP contribution in [0.1, 0.15) is 5.56 Å². The van der Waals surface area contributed by atoms with E-state index in [-0.39, 0.29) is 10.6 Å². The van der Waals surface area contributed by atoms with E-state index < -0.39 is 22.5 Å². The van der Waals surface area contributed by atoms with Crippen LogP contribution < -0.4 is 19.6 Å². The van der Waals surface area contributed by atoms with Crippen molar-refractivity contribution >= 4 is 22.1 Å². The summed E-state index contributed by atoms with van der Waals surface area (Å²) in [4.78, 5) is 12.2. The molecule has 0 aliphatic rings. The molecular formula is C24H25N3O6S. The summed E-state index contributed by atoms with van der Waals surface area (Å²) in [6, 6.07) is 20.9. The second-order valence-electron chi connectivity index (χ2n) is 7.06. The highest BCUT2D eigenvalue weighted by Crippen LogP contribution is 2.30. The minimum Gasteiger partial charge on any atom is -0.497 e. The molecule has 0 radical (unpaired) electrons. The minimum atomic E-state index is -4.02. The van der Waals surface area contributed by atoms with E-state index in [1.54, 1.807) is 30.3 Å². The van der Waals surface area contributed by atoms with E-state index in [4.69, 9.17) is 14.2 Å². The molecule has 3 aromatic carbocycles. The number of methoxy groups -OCH3 is 2. The van der Waals surface area contributed by atoms with Crippen LogP contribution in [0.3, 0.4) is 0 Å². The number of rotatable bonds is 10. The molecular weight excluding hydrogens is 458 g/mol. The van der Waals surface area contributed by atoms with Crippen molar-refractivity contribution in [2.75, 3.05) is 27.8 Å². The third-order valence-electron chi connectivity index (χ3n) is 4.67. The number of hydrazone groups is 1. The number of benzene rings is 3. The quantitative estimate of drug-likeness (QED) is 0.350. The first-order valence-electron chi connectivity index (χ1n) is 10.2. The number of sulfonamides is 1. The maximum Gasteiger partial charge on any atom is 0.255 e. The number of carbonyl (C=O) groups excluding carboxylic acids is 1. The van der Waals surface area contributed by atoms with Crippen LogP contribution in [-0.2, 0) is 14.8 Å². The Balaban J connectivity index is 1.62. The predicted molar refractivity (Wildman–Crippen MR) is 128 cm³/mol. The average Bonchev–Trinajstić information content (AvgIpc) is 2.84. The maximum absolute atomic E-state index is 13.0. The lowest BCUT2D eigenvalue weighted by Crippen LogP contribution is -2.36. The summed E-state index contributed by atoms with van der Waals surface area (Å²) in [7, 11) is 0.0614. The third-order valence-corrected chi connectivity index (χ3v) is 6.49. The largest absolute Gasteiger partial charge is 0.497 e.